The van der Waals surface area contributed by atoms with Crippen LogP contribution < -0.4 is 4.74 Å². The van der Waals surface area contributed by atoms with Crippen molar-refractivity contribution in [2.75, 3.05) is 26.2 Å². The minimum atomic E-state index is -0.404. The molecule has 0 radical (unpaired) electrons. The Balaban J connectivity index is 0.00000200. The van der Waals surface area contributed by atoms with Gasteiger partial charge in [-0.15, -0.1) is 12.4 Å². The van der Waals surface area contributed by atoms with Gasteiger partial charge in [0.25, 0.3) is 0 Å². The Bertz CT molecular complexity index is 385. The zero-order chi connectivity index (χ0) is 13.7. The molecule has 1 heterocycles. The molecule has 1 aromatic carbocycles. The number of hydrogen-bond donors (Lipinski definition) is 1. The van der Waals surface area contributed by atoms with Crippen LogP contribution in [0.1, 0.15) is 30.4 Å². The number of nitrogens with zero attached hydrogens (tertiary/aromatic N) is 1. The second-order valence-electron chi connectivity index (χ2n) is 5.65. The molecule has 0 aliphatic carbocycles. The van der Waals surface area contributed by atoms with Crippen LogP contribution in [0.25, 0.3) is 0 Å². The van der Waals surface area contributed by atoms with Crippen molar-refractivity contribution in [3.63, 3.8) is 0 Å². The largest absolute Gasteiger partial charge is 0.491 e. The van der Waals surface area contributed by atoms with Crippen molar-refractivity contribution in [2.45, 2.75) is 39.2 Å². The molecule has 1 atom stereocenters. The molecular weight excluding hydrogens is 274 g/mol. The highest BCUT2D eigenvalue weighted by atomic mass is 35.5. The molecule has 0 saturated carbocycles. The number of aliphatic hydroxyl groups excluding tert-OH is 1. The van der Waals surface area contributed by atoms with Crippen LogP contribution in [-0.4, -0.2) is 42.4 Å². The maximum absolute atomic E-state index is 10.0. The van der Waals surface area contributed by atoms with Crippen LogP contribution >= 0.6 is 12.4 Å². The van der Waals surface area contributed by atoms with Gasteiger partial charge in [-0.25, -0.2) is 0 Å². The van der Waals surface area contributed by atoms with Gasteiger partial charge in [0, 0.05) is 6.54 Å². The van der Waals surface area contributed by atoms with Crippen LogP contribution in [0.2, 0.25) is 0 Å². The standard InChI is InChI=1S/C16H25NO2.ClH/c1-13-8-14(2)10-16(9-13)19-12-15(18)11-17-6-4-3-5-7-17;/h8-10,15,18H,3-7,11-12H2,1-2H3;1H. The van der Waals surface area contributed by atoms with Gasteiger partial charge in [0.05, 0.1) is 0 Å². The summed E-state index contributed by atoms with van der Waals surface area (Å²) >= 11 is 0. The lowest BCUT2D eigenvalue weighted by Gasteiger charge is -2.28. The van der Waals surface area contributed by atoms with E-state index >= 15 is 0 Å². The molecule has 1 aliphatic heterocycles. The zero-order valence-corrected chi connectivity index (χ0v) is 13.3. The first-order chi connectivity index (χ1) is 9.13. The minimum Gasteiger partial charge on any atom is -0.491 e. The summed E-state index contributed by atoms with van der Waals surface area (Å²) in [5, 5.41) is 10.0. The van der Waals surface area contributed by atoms with Gasteiger partial charge in [-0.05, 0) is 63.0 Å². The van der Waals surface area contributed by atoms with Gasteiger partial charge in [0.15, 0.2) is 0 Å². The van der Waals surface area contributed by atoms with E-state index in [4.69, 9.17) is 4.74 Å². The molecule has 0 amide bonds. The first kappa shape index (κ1) is 17.3. The van der Waals surface area contributed by atoms with E-state index in [1.54, 1.807) is 0 Å². The lowest BCUT2D eigenvalue weighted by Crippen LogP contribution is -2.38. The number of ether oxygens (including phenoxy) is 1. The van der Waals surface area contributed by atoms with Crippen molar-refractivity contribution in [2.24, 2.45) is 0 Å². The van der Waals surface area contributed by atoms with Crippen LogP contribution in [0, 0.1) is 13.8 Å². The van der Waals surface area contributed by atoms with E-state index in [1.165, 1.54) is 30.4 Å². The molecule has 1 unspecified atom stereocenters. The van der Waals surface area contributed by atoms with Crippen LogP contribution in [0.15, 0.2) is 18.2 Å². The molecule has 1 N–H and O–H groups in total. The molecule has 1 fully saturated rings. The van der Waals surface area contributed by atoms with Crippen molar-refractivity contribution < 1.29 is 9.84 Å². The summed E-state index contributed by atoms with van der Waals surface area (Å²) in [7, 11) is 0. The fourth-order valence-electron chi connectivity index (χ4n) is 2.70. The normalized spacial score (nSPS) is 17.4. The zero-order valence-electron chi connectivity index (χ0n) is 12.5. The maximum atomic E-state index is 10.0. The van der Waals surface area contributed by atoms with E-state index in [9.17, 15) is 5.11 Å². The third-order valence-corrected chi connectivity index (χ3v) is 3.56. The van der Waals surface area contributed by atoms with Crippen LogP contribution in [0.4, 0.5) is 0 Å². The predicted molar refractivity (Wildman–Crippen MR) is 85.0 cm³/mol. The van der Waals surface area contributed by atoms with E-state index < -0.39 is 6.10 Å². The van der Waals surface area contributed by atoms with Crippen molar-refractivity contribution in [1.29, 1.82) is 0 Å². The first-order valence-corrected chi connectivity index (χ1v) is 7.25. The van der Waals surface area contributed by atoms with Gasteiger partial charge in [-0.2, -0.15) is 0 Å². The van der Waals surface area contributed by atoms with Gasteiger partial charge in [-0.1, -0.05) is 12.5 Å². The number of benzene rings is 1. The Kier molecular flexibility index (Phi) is 7.35. The van der Waals surface area contributed by atoms with Gasteiger partial charge in [0.1, 0.15) is 18.5 Å². The highest BCUT2D eigenvalue weighted by Gasteiger charge is 2.15. The third kappa shape index (κ3) is 5.70. The number of halogens is 1. The molecule has 2 rings (SSSR count). The summed E-state index contributed by atoms with van der Waals surface area (Å²) in [5.41, 5.74) is 2.39. The Hall–Kier alpha value is -0.770. The molecule has 1 saturated heterocycles. The Labute approximate surface area is 128 Å². The molecular formula is C16H26ClNO2. The fraction of sp³-hybridized carbons (Fsp3) is 0.625. The van der Waals surface area contributed by atoms with E-state index in [-0.39, 0.29) is 12.4 Å². The average Bonchev–Trinajstić information content (AvgIpc) is 2.36. The fourth-order valence-corrected chi connectivity index (χ4v) is 2.70. The molecule has 0 spiro atoms. The van der Waals surface area contributed by atoms with Gasteiger partial charge >= 0.3 is 0 Å². The quantitative estimate of drug-likeness (QED) is 0.907. The molecule has 0 aromatic heterocycles. The summed E-state index contributed by atoms with van der Waals surface area (Å²) in [6.45, 7) is 7.44. The maximum Gasteiger partial charge on any atom is 0.119 e. The topological polar surface area (TPSA) is 32.7 Å². The van der Waals surface area contributed by atoms with Gasteiger partial charge < -0.3 is 14.7 Å². The Morgan fingerprint density at radius 1 is 1.10 bits per heavy atom. The highest BCUT2D eigenvalue weighted by Crippen LogP contribution is 2.16. The highest BCUT2D eigenvalue weighted by molar-refractivity contribution is 5.85. The lowest BCUT2D eigenvalue weighted by molar-refractivity contribution is 0.0617. The monoisotopic (exact) mass is 299 g/mol. The van der Waals surface area contributed by atoms with Crippen LogP contribution in [-0.2, 0) is 0 Å². The van der Waals surface area contributed by atoms with E-state index in [0.29, 0.717) is 6.61 Å². The smallest absolute Gasteiger partial charge is 0.119 e. The van der Waals surface area contributed by atoms with Crippen molar-refractivity contribution >= 4 is 12.4 Å². The summed E-state index contributed by atoms with van der Waals surface area (Å²) in [6, 6.07) is 6.15. The number of β-amino-alcohol motifs (C(OH)–C–C–N with tert-alkyl or cyclic N) is 1. The lowest BCUT2D eigenvalue weighted by atomic mass is 10.1. The van der Waals surface area contributed by atoms with Crippen molar-refractivity contribution in [1.82, 2.24) is 4.90 Å². The summed E-state index contributed by atoms with van der Waals surface area (Å²) < 4.78 is 5.69. The molecule has 4 heteroatoms. The number of piperidine rings is 1. The van der Waals surface area contributed by atoms with E-state index in [1.807, 2.05) is 12.1 Å². The Morgan fingerprint density at radius 3 is 2.30 bits per heavy atom. The second-order valence-corrected chi connectivity index (χ2v) is 5.65. The molecule has 20 heavy (non-hydrogen) atoms. The third-order valence-electron chi connectivity index (χ3n) is 3.56. The van der Waals surface area contributed by atoms with Crippen LogP contribution in [0.5, 0.6) is 5.75 Å². The van der Waals surface area contributed by atoms with Crippen LogP contribution in [0.3, 0.4) is 0 Å². The number of rotatable bonds is 5. The number of aryl methyl sites for hydroxylation is 2. The first-order valence-electron chi connectivity index (χ1n) is 7.25. The van der Waals surface area contributed by atoms with E-state index in [2.05, 4.69) is 24.8 Å². The average molecular weight is 300 g/mol. The molecule has 3 nitrogen and oxygen atoms in total. The molecule has 0 bridgehead atoms. The number of likely N-dealkylation sites (tertiary alicyclic amines) is 1. The number of aliphatic hydroxyl groups is 1. The minimum absolute atomic E-state index is 0. The van der Waals surface area contributed by atoms with E-state index in [0.717, 1.165) is 25.4 Å². The molecule has 114 valence electrons. The Morgan fingerprint density at radius 2 is 1.70 bits per heavy atom. The van der Waals surface area contributed by atoms with Crippen molar-refractivity contribution in [3.05, 3.63) is 29.3 Å². The SMILES string of the molecule is Cc1cc(C)cc(OCC(O)CN2CCCCC2)c1.Cl. The molecule has 1 aliphatic rings. The molecule has 1 aromatic rings. The number of hydrogen-bond acceptors (Lipinski definition) is 3. The van der Waals surface area contributed by atoms with Crippen molar-refractivity contribution in [3.8, 4) is 5.75 Å². The van der Waals surface area contributed by atoms with Gasteiger partial charge in [0.2, 0.25) is 0 Å². The van der Waals surface area contributed by atoms with Gasteiger partial charge in [-0.3, -0.25) is 0 Å². The summed E-state index contributed by atoms with van der Waals surface area (Å²) in [6.07, 6.45) is 3.43. The predicted octanol–water partition coefficient (Wildman–Crippen LogP) is 2.95. The summed E-state index contributed by atoms with van der Waals surface area (Å²) in [5.74, 6) is 0.857. The summed E-state index contributed by atoms with van der Waals surface area (Å²) in [4.78, 5) is 2.33. The second kappa shape index (κ2) is 8.50.